The third kappa shape index (κ3) is 24.5. The molecular formula is C41H75NO5. The maximum atomic E-state index is 12.2. The molecule has 0 fully saturated rings. The number of carboxylic acids is 1. The molecule has 1 amide bonds. The van der Waals surface area contributed by atoms with Crippen molar-refractivity contribution in [1.29, 1.82) is 0 Å². The number of phenols is 1. The van der Waals surface area contributed by atoms with Gasteiger partial charge in [0.25, 0.3) is 0 Å². The molecule has 1 aromatic rings. The summed E-state index contributed by atoms with van der Waals surface area (Å²) in [7, 11) is 0. The van der Waals surface area contributed by atoms with E-state index in [0.29, 0.717) is 24.5 Å². The van der Waals surface area contributed by atoms with Gasteiger partial charge >= 0.3 is 12.1 Å². The summed E-state index contributed by atoms with van der Waals surface area (Å²) in [4.78, 5) is 22.5. The van der Waals surface area contributed by atoms with Gasteiger partial charge in [0.05, 0.1) is 6.61 Å². The van der Waals surface area contributed by atoms with Crippen LogP contribution in [0.3, 0.4) is 0 Å². The summed E-state index contributed by atoms with van der Waals surface area (Å²) in [6.07, 6.45) is 26.7. The zero-order valence-corrected chi connectivity index (χ0v) is 32.0. The number of carbonyl (C=O) groups excluding carboxylic acids is 1. The molecule has 1 aromatic carbocycles. The van der Waals surface area contributed by atoms with Gasteiger partial charge in [0.15, 0.2) is 0 Å². The van der Waals surface area contributed by atoms with E-state index in [4.69, 9.17) is 9.84 Å². The van der Waals surface area contributed by atoms with Gasteiger partial charge in [-0.2, -0.15) is 0 Å². The molecule has 0 aliphatic carbocycles. The number of hydrogen-bond donors (Lipinski definition) is 3. The third-order valence-corrected chi connectivity index (χ3v) is 8.70. The molecule has 1 rings (SSSR count). The molecule has 0 radical (unpaired) electrons. The van der Waals surface area contributed by atoms with E-state index in [1.54, 1.807) is 0 Å². The van der Waals surface area contributed by atoms with Gasteiger partial charge in [-0.1, -0.05) is 177 Å². The molecular weight excluding hydrogens is 586 g/mol. The first kappa shape index (κ1) is 44.8. The maximum absolute atomic E-state index is 12.2. The van der Waals surface area contributed by atoms with Crippen LogP contribution < -0.4 is 5.32 Å². The Morgan fingerprint density at radius 2 is 0.936 bits per heavy atom. The highest BCUT2D eigenvalue weighted by molar-refractivity contribution is 5.85. The molecule has 0 aliphatic heterocycles. The lowest BCUT2D eigenvalue weighted by Crippen LogP contribution is -2.20. The Kier molecular flexibility index (Phi) is 25.4. The number of ether oxygens (including phenoxy) is 1. The second kappa shape index (κ2) is 26.7. The van der Waals surface area contributed by atoms with Crippen molar-refractivity contribution in [2.24, 2.45) is 0 Å². The molecule has 3 N–H and O–H groups in total. The normalized spacial score (nSPS) is 11.6. The van der Waals surface area contributed by atoms with E-state index in [1.165, 1.54) is 109 Å². The van der Waals surface area contributed by atoms with E-state index in [0.717, 1.165) is 36.8 Å². The fraction of sp³-hybridized carbons (Fsp3) is 0.805. The van der Waals surface area contributed by atoms with E-state index in [9.17, 15) is 14.7 Å². The predicted octanol–water partition coefficient (Wildman–Crippen LogP) is 13.2. The molecule has 0 aliphatic rings. The van der Waals surface area contributed by atoms with Crippen molar-refractivity contribution >= 4 is 17.7 Å². The fourth-order valence-corrected chi connectivity index (χ4v) is 5.70. The average molecular weight is 662 g/mol. The maximum Gasteiger partial charge on any atom is 0.411 e. The smallest absolute Gasteiger partial charge is 0.411 e. The SMILES string of the molecule is CCCCCCCCCCCCCCCCCC(=O)O.CCCCCCCCOC(=O)Nc1cc(C(C)(C)C)c(O)c(C(C)(C)C)c1. The van der Waals surface area contributed by atoms with Gasteiger partial charge in [0.2, 0.25) is 0 Å². The second-order valence-corrected chi connectivity index (χ2v) is 15.5. The van der Waals surface area contributed by atoms with Crippen LogP contribution in [0.25, 0.3) is 0 Å². The Morgan fingerprint density at radius 1 is 0.596 bits per heavy atom. The lowest BCUT2D eigenvalue weighted by molar-refractivity contribution is -0.137. The number of aliphatic carboxylic acids is 1. The van der Waals surface area contributed by atoms with Crippen LogP contribution in [-0.4, -0.2) is 28.9 Å². The van der Waals surface area contributed by atoms with Crippen LogP contribution >= 0.6 is 0 Å². The number of unbranched alkanes of at least 4 members (excludes halogenated alkanes) is 19. The average Bonchev–Trinajstić information content (AvgIpc) is 2.98. The summed E-state index contributed by atoms with van der Waals surface area (Å²) >= 11 is 0. The number of anilines is 1. The number of nitrogens with one attached hydrogen (secondary N) is 1. The first-order valence-electron chi connectivity index (χ1n) is 19.3. The van der Waals surface area contributed by atoms with Crippen LogP contribution in [-0.2, 0) is 20.4 Å². The fourth-order valence-electron chi connectivity index (χ4n) is 5.70. The lowest BCUT2D eigenvalue weighted by atomic mass is 9.79. The summed E-state index contributed by atoms with van der Waals surface area (Å²) in [6.45, 7) is 17.2. The lowest BCUT2D eigenvalue weighted by Gasteiger charge is -2.28. The monoisotopic (exact) mass is 662 g/mol. The highest BCUT2D eigenvalue weighted by Gasteiger charge is 2.27. The largest absolute Gasteiger partial charge is 0.507 e. The third-order valence-electron chi connectivity index (χ3n) is 8.70. The van der Waals surface area contributed by atoms with Gasteiger partial charge in [-0.05, 0) is 35.8 Å². The van der Waals surface area contributed by atoms with Crippen LogP contribution in [0.1, 0.15) is 208 Å². The zero-order valence-electron chi connectivity index (χ0n) is 32.0. The molecule has 6 nitrogen and oxygen atoms in total. The highest BCUT2D eigenvalue weighted by atomic mass is 16.5. The van der Waals surface area contributed by atoms with E-state index in [2.05, 4.69) is 60.7 Å². The Labute approximate surface area is 290 Å². The van der Waals surface area contributed by atoms with E-state index in [1.807, 2.05) is 12.1 Å². The van der Waals surface area contributed by atoms with E-state index >= 15 is 0 Å². The summed E-state index contributed by atoms with van der Waals surface area (Å²) < 4.78 is 5.32. The van der Waals surface area contributed by atoms with Crippen molar-refractivity contribution in [2.45, 2.75) is 207 Å². The minimum Gasteiger partial charge on any atom is -0.507 e. The number of hydrogen-bond acceptors (Lipinski definition) is 4. The molecule has 0 unspecified atom stereocenters. The van der Waals surface area contributed by atoms with Gasteiger partial charge in [0, 0.05) is 23.2 Å². The minimum atomic E-state index is -0.653. The Balaban J connectivity index is 0.000000945. The molecule has 0 atom stereocenters. The van der Waals surface area contributed by atoms with Crippen LogP contribution in [0, 0.1) is 0 Å². The van der Waals surface area contributed by atoms with Crippen molar-refractivity contribution in [1.82, 2.24) is 0 Å². The predicted molar refractivity (Wildman–Crippen MR) is 201 cm³/mol. The Hall–Kier alpha value is -2.24. The quantitative estimate of drug-likeness (QED) is 0.0757. The summed E-state index contributed by atoms with van der Waals surface area (Å²) in [5.41, 5.74) is 1.84. The number of benzene rings is 1. The summed E-state index contributed by atoms with van der Waals surface area (Å²) in [6, 6.07) is 3.69. The van der Waals surface area contributed by atoms with Crippen LogP contribution in [0.2, 0.25) is 0 Å². The van der Waals surface area contributed by atoms with Crippen LogP contribution in [0.15, 0.2) is 12.1 Å². The number of carboxylic acid groups (broad SMARTS) is 1. The molecule has 0 saturated carbocycles. The number of carbonyl (C=O) groups is 2. The topological polar surface area (TPSA) is 95.9 Å². The van der Waals surface area contributed by atoms with Gasteiger partial charge in [-0.3, -0.25) is 10.1 Å². The first-order valence-corrected chi connectivity index (χ1v) is 19.3. The van der Waals surface area contributed by atoms with Crippen LogP contribution in [0.4, 0.5) is 10.5 Å². The van der Waals surface area contributed by atoms with E-state index < -0.39 is 12.1 Å². The summed E-state index contributed by atoms with van der Waals surface area (Å²) in [5.74, 6) is -0.347. The second-order valence-electron chi connectivity index (χ2n) is 15.5. The van der Waals surface area contributed by atoms with Crippen molar-refractivity contribution < 1.29 is 24.5 Å². The standard InChI is InChI=1S/C23H39NO3.C18H36O2/c1-8-9-10-11-12-13-14-27-21(26)24-17-15-18(22(2,3)4)20(25)19(16-17)23(5,6)7;1-2-3-4-5-6-7-8-9-10-11-12-13-14-15-16-17-18(19)20/h15-16,25H,8-14H2,1-7H3,(H,24,26);2-17H2,1H3,(H,19,20). The Morgan fingerprint density at radius 3 is 1.28 bits per heavy atom. The van der Waals surface area contributed by atoms with Crippen molar-refractivity contribution in [2.75, 3.05) is 11.9 Å². The first-order chi connectivity index (χ1) is 22.2. The Bertz CT molecular complexity index is 909. The van der Waals surface area contributed by atoms with Crippen LogP contribution in [0.5, 0.6) is 5.75 Å². The highest BCUT2D eigenvalue weighted by Crippen LogP contribution is 2.41. The molecule has 274 valence electrons. The van der Waals surface area contributed by atoms with Crippen molar-refractivity contribution in [3.8, 4) is 5.75 Å². The molecule has 0 spiro atoms. The van der Waals surface area contributed by atoms with Gasteiger partial charge in [0.1, 0.15) is 5.75 Å². The zero-order chi connectivity index (χ0) is 35.6. The molecule has 6 heteroatoms. The molecule has 0 bridgehead atoms. The van der Waals surface area contributed by atoms with Gasteiger partial charge < -0.3 is 14.9 Å². The molecule has 0 saturated heterocycles. The summed E-state index contributed by atoms with van der Waals surface area (Å²) in [5, 5.41) is 22.1. The minimum absolute atomic E-state index is 0.232. The molecule has 0 aromatic heterocycles. The van der Waals surface area contributed by atoms with Crippen molar-refractivity contribution in [3.63, 3.8) is 0 Å². The number of phenolic OH excluding ortho intramolecular Hbond substituents is 1. The number of aromatic hydroxyl groups is 1. The van der Waals surface area contributed by atoms with Gasteiger partial charge in [-0.25, -0.2) is 4.79 Å². The molecule has 0 heterocycles. The van der Waals surface area contributed by atoms with Crippen molar-refractivity contribution in [3.05, 3.63) is 23.3 Å². The molecule has 47 heavy (non-hydrogen) atoms. The number of amides is 1. The number of rotatable bonds is 24. The van der Waals surface area contributed by atoms with Gasteiger partial charge in [-0.15, -0.1) is 0 Å². The van der Waals surface area contributed by atoms with E-state index in [-0.39, 0.29) is 10.8 Å².